The summed E-state index contributed by atoms with van der Waals surface area (Å²) in [5, 5.41) is 4.33. The van der Waals surface area contributed by atoms with Gasteiger partial charge in [-0.25, -0.2) is 4.98 Å². The van der Waals surface area contributed by atoms with Crippen molar-refractivity contribution >= 4 is 28.2 Å². The Morgan fingerprint density at radius 3 is 2.30 bits per heavy atom. The molecule has 110 valence electrons. The van der Waals surface area contributed by atoms with E-state index in [0.29, 0.717) is 9.26 Å². The summed E-state index contributed by atoms with van der Waals surface area (Å²) in [4.78, 5) is 3.68. The third kappa shape index (κ3) is 2.57. The van der Waals surface area contributed by atoms with Crippen LogP contribution in [0.4, 0.5) is 13.2 Å². The molecule has 0 fully saturated rings. The topological polar surface area (TPSA) is 39.4 Å². The van der Waals surface area contributed by atoms with Crippen LogP contribution in [-0.2, 0) is 11.6 Å². The Morgan fingerprint density at radius 2 is 1.85 bits per heavy atom. The minimum absolute atomic E-state index is 0.00995. The van der Waals surface area contributed by atoms with E-state index in [-0.39, 0.29) is 16.9 Å². The largest absolute Gasteiger partial charge is 0.481 e. The molecule has 0 N–H and O–H groups in total. The number of hydrogen-bond acceptors (Lipinski definition) is 3. The molecular formula is C12H13F3IN3O. The molecule has 0 aromatic carbocycles. The zero-order chi connectivity index (χ0) is 15.3. The number of alkyl halides is 3. The maximum Gasteiger partial charge on any atom is 0.433 e. The van der Waals surface area contributed by atoms with Crippen LogP contribution in [0.3, 0.4) is 0 Å². The highest BCUT2D eigenvalue weighted by Gasteiger charge is 2.35. The van der Waals surface area contributed by atoms with Crippen LogP contribution in [0.15, 0.2) is 6.07 Å². The molecule has 2 aromatic rings. The molecule has 2 rings (SSSR count). The molecule has 0 amide bonds. The summed E-state index contributed by atoms with van der Waals surface area (Å²) < 4.78 is 45.5. The van der Waals surface area contributed by atoms with Gasteiger partial charge in [-0.05, 0) is 22.6 Å². The van der Waals surface area contributed by atoms with E-state index >= 15 is 0 Å². The molecule has 2 heterocycles. The van der Waals surface area contributed by atoms with Gasteiger partial charge in [-0.3, -0.25) is 0 Å². The van der Waals surface area contributed by atoms with E-state index in [1.54, 1.807) is 0 Å². The van der Waals surface area contributed by atoms with E-state index < -0.39 is 11.9 Å². The molecule has 4 nitrogen and oxygen atoms in total. The number of methoxy groups -OCH3 is 1. The van der Waals surface area contributed by atoms with Gasteiger partial charge >= 0.3 is 6.18 Å². The molecule has 8 heteroatoms. The monoisotopic (exact) mass is 399 g/mol. The maximum absolute atomic E-state index is 12.9. The van der Waals surface area contributed by atoms with Crippen LogP contribution in [-0.4, -0.2) is 21.7 Å². The van der Waals surface area contributed by atoms with Crippen molar-refractivity contribution in [2.75, 3.05) is 7.11 Å². The first kappa shape index (κ1) is 15.3. The third-order valence-corrected chi connectivity index (χ3v) is 3.70. The lowest BCUT2D eigenvalue weighted by Crippen LogP contribution is -2.13. The van der Waals surface area contributed by atoms with Crippen molar-refractivity contribution in [1.82, 2.24) is 14.6 Å². The van der Waals surface area contributed by atoms with E-state index in [4.69, 9.17) is 4.74 Å². The SMILES string of the molecule is COc1cc(C(F)(F)F)nc2c(I)c(C(C)(C)C)nn12. The Kier molecular flexibility index (Phi) is 3.64. The summed E-state index contributed by atoms with van der Waals surface area (Å²) >= 11 is 1.97. The summed E-state index contributed by atoms with van der Waals surface area (Å²) in [6.07, 6.45) is -4.52. The Balaban J connectivity index is 2.82. The number of aromatic nitrogens is 3. The van der Waals surface area contributed by atoms with Crippen molar-refractivity contribution in [3.8, 4) is 5.88 Å². The predicted octanol–water partition coefficient (Wildman–Crippen LogP) is 3.66. The zero-order valence-electron chi connectivity index (χ0n) is 11.3. The van der Waals surface area contributed by atoms with Gasteiger partial charge in [-0.1, -0.05) is 20.8 Å². The van der Waals surface area contributed by atoms with E-state index in [2.05, 4.69) is 10.1 Å². The fraction of sp³-hybridized carbons (Fsp3) is 0.500. The Bertz CT molecular complexity index is 658. The van der Waals surface area contributed by atoms with Crippen molar-refractivity contribution in [3.05, 3.63) is 21.0 Å². The van der Waals surface area contributed by atoms with Gasteiger partial charge in [0.2, 0.25) is 5.88 Å². The van der Waals surface area contributed by atoms with Gasteiger partial charge in [0.05, 0.1) is 16.4 Å². The minimum atomic E-state index is -4.52. The summed E-state index contributed by atoms with van der Waals surface area (Å²) in [6, 6.07) is 0.850. The number of fused-ring (bicyclic) bond motifs is 1. The van der Waals surface area contributed by atoms with Gasteiger partial charge in [-0.15, -0.1) is 0 Å². The second kappa shape index (κ2) is 4.74. The number of hydrogen-bond donors (Lipinski definition) is 0. The van der Waals surface area contributed by atoms with E-state index in [1.807, 2.05) is 43.4 Å². The lowest BCUT2D eigenvalue weighted by Gasteiger charge is -2.14. The van der Waals surface area contributed by atoms with Crippen molar-refractivity contribution in [1.29, 1.82) is 0 Å². The van der Waals surface area contributed by atoms with Crippen LogP contribution in [0.2, 0.25) is 0 Å². The van der Waals surface area contributed by atoms with Crippen LogP contribution in [0.1, 0.15) is 32.2 Å². The fourth-order valence-electron chi connectivity index (χ4n) is 1.73. The Morgan fingerprint density at radius 1 is 1.25 bits per heavy atom. The van der Waals surface area contributed by atoms with Crippen molar-refractivity contribution in [2.24, 2.45) is 0 Å². The van der Waals surface area contributed by atoms with Crippen LogP contribution in [0.25, 0.3) is 5.65 Å². The van der Waals surface area contributed by atoms with Crippen LogP contribution < -0.4 is 4.74 Å². The highest BCUT2D eigenvalue weighted by Crippen LogP contribution is 2.34. The van der Waals surface area contributed by atoms with Crippen LogP contribution >= 0.6 is 22.6 Å². The van der Waals surface area contributed by atoms with Gasteiger partial charge in [0, 0.05) is 11.5 Å². The highest BCUT2D eigenvalue weighted by molar-refractivity contribution is 14.1. The van der Waals surface area contributed by atoms with E-state index in [1.165, 1.54) is 11.6 Å². The fourth-order valence-corrected chi connectivity index (χ4v) is 3.00. The summed E-state index contributed by atoms with van der Waals surface area (Å²) in [5.41, 5.74) is -0.446. The van der Waals surface area contributed by atoms with Crippen molar-refractivity contribution in [2.45, 2.75) is 32.4 Å². The smallest absolute Gasteiger partial charge is 0.433 e. The second-order valence-electron chi connectivity index (χ2n) is 5.33. The summed E-state index contributed by atoms with van der Waals surface area (Å²) in [7, 11) is 1.31. The van der Waals surface area contributed by atoms with Gasteiger partial charge in [0.15, 0.2) is 11.3 Å². The molecule has 0 unspecified atom stereocenters. The van der Waals surface area contributed by atoms with Gasteiger partial charge in [0.25, 0.3) is 0 Å². The average Bonchev–Trinajstić information content (AvgIpc) is 2.64. The van der Waals surface area contributed by atoms with Gasteiger partial charge in [0.1, 0.15) is 0 Å². The number of rotatable bonds is 1. The molecule has 0 spiro atoms. The predicted molar refractivity (Wildman–Crippen MR) is 76.0 cm³/mol. The first-order valence-corrected chi connectivity index (χ1v) is 6.84. The summed E-state index contributed by atoms with van der Waals surface area (Å²) in [5.74, 6) is 0.00995. The molecule has 0 aliphatic rings. The number of nitrogens with zero attached hydrogens (tertiary/aromatic N) is 3. The van der Waals surface area contributed by atoms with Crippen molar-refractivity contribution < 1.29 is 17.9 Å². The third-order valence-electron chi connectivity index (χ3n) is 2.71. The van der Waals surface area contributed by atoms with E-state index in [0.717, 1.165) is 6.07 Å². The molecule has 0 radical (unpaired) electrons. The average molecular weight is 399 g/mol. The summed E-state index contributed by atoms with van der Waals surface area (Å²) in [6.45, 7) is 5.82. The normalized spacial score (nSPS) is 13.0. The molecule has 0 saturated heterocycles. The standard InChI is InChI=1S/C12H13F3IN3O/c1-11(2,3)9-8(16)10-17-6(12(13,14)15)5-7(20-4)19(10)18-9/h5H,1-4H3. The molecule has 0 saturated carbocycles. The lowest BCUT2D eigenvalue weighted by atomic mass is 9.93. The van der Waals surface area contributed by atoms with E-state index in [9.17, 15) is 13.2 Å². The number of ether oxygens (including phenoxy) is 1. The molecule has 0 atom stereocenters. The van der Waals surface area contributed by atoms with Gasteiger partial charge < -0.3 is 4.74 Å². The van der Waals surface area contributed by atoms with Crippen LogP contribution in [0, 0.1) is 3.57 Å². The van der Waals surface area contributed by atoms with Crippen molar-refractivity contribution in [3.63, 3.8) is 0 Å². The minimum Gasteiger partial charge on any atom is -0.481 e. The first-order valence-electron chi connectivity index (χ1n) is 5.76. The molecule has 0 aliphatic carbocycles. The quantitative estimate of drug-likeness (QED) is 0.688. The molecular weight excluding hydrogens is 386 g/mol. The molecule has 0 aliphatic heterocycles. The molecule has 20 heavy (non-hydrogen) atoms. The zero-order valence-corrected chi connectivity index (χ0v) is 13.5. The van der Waals surface area contributed by atoms with Gasteiger partial charge in [-0.2, -0.15) is 22.8 Å². The highest BCUT2D eigenvalue weighted by atomic mass is 127. The second-order valence-corrected chi connectivity index (χ2v) is 6.41. The molecule has 0 bridgehead atoms. The first-order chi connectivity index (χ1) is 9.05. The molecule has 2 aromatic heterocycles. The van der Waals surface area contributed by atoms with Crippen LogP contribution in [0.5, 0.6) is 5.88 Å². The Labute approximate surface area is 127 Å². The number of halogens is 4. The Hall–Kier alpha value is -1.06. The maximum atomic E-state index is 12.9. The lowest BCUT2D eigenvalue weighted by molar-refractivity contribution is -0.141.